The summed E-state index contributed by atoms with van der Waals surface area (Å²) in [6.45, 7) is 2.96. The lowest BCUT2D eigenvalue weighted by molar-refractivity contribution is -0.122. The zero-order valence-electron chi connectivity index (χ0n) is 14.1. The van der Waals surface area contributed by atoms with Crippen LogP contribution in [0, 0.1) is 5.82 Å². The van der Waals surface area contributed by atoms with Crippen LogP contribution in [0.2, 0.25) is 0 Å². The van der Waals surface area contributed by atoms with E-state index in [0.717, 1.165) is 0 Å². The van der Waals surface area contributed by atoms with Gasteiger partial charge in [0.25, 0.3) is 5.91 Å². The fourth-order valence-electron chi connectivity index (χ4n) is 2.09. The molecule has 132 valence electrons. The smallest absolute Gasteiger partial charge is 0.265 e. The predicted octanol–water partition coefficient (Wildman–Crippen LogP) is 3.20. The molecule has 6 nitrogen and oxygen atoms in total. The first-order valence-corrected chi connectivity index (χ1v) is 7.57. The van der Waals surface area contributed by atoms with Crippen LogP contribution in [0.15, 0.2) is 42.5 Å². The van der Waals surface area contributed by atoms with Gasteiger partial charge in [-0.25, -0.2) is 4.39 Å². The highest BCUT2D eigenvalue weighted by atomic mass is 19.1. The van der Waals surface area contributed by atoms with Crippen LogP contribution in [0.5, 0.6) is 11.5 Å². The van der Waals surface area contributed by atoms with Crippen LogP contribution in [0.4, 0.5) is 15.8 Å². The van der Waals surface area contributed by atoms with Crippen LogP contribution in [-0.4, -0.2) is 25.0 Å². The third-order valence-corrected chi connectivity index (χ3v) is 3.27. The summed E-state index contributed by atoms with van der Waals surface area (Å²) >= 11 is 0. The van der Waals surface area contributed by atoms with Gasteiger partial charge in [-0.1, -0.05) is 0 Å². The second-order valence-electron chi connectivity index (χ2n) is 5.30. The Bertz CT molecular complexity index is 762. The van der Waals surface area contributed by atoms with Crippen LogP contribution >= 0.6 is 0 Å². The third kappa shape index (κ3) is 5.20. The maximum Gasteiger partial charge on any atom is 0.265 e. The first-order valence-electron chi connectivity index (χ1n) is 7.57. The van der Waals surface area contributed by atoms with Crippen LogP contribution in [0.3, 0.4) is 0 Å². The molecular weight excluding hydrogens is 327 g/mol. The Morgan fingerprint density at radius 2 is 1.76 bits per heavy atom. The number of hydrogen-bond acceptors (Lipinski definition) is 4. The van der Waals surface area contributed by atoms with Gasteiger partial charge in [-0.3, -0.25) is 9.59 Å². The number of methoxy groups -OCH3 is 1. The standard InChI is InChI=1S/C18H19FN2O4/c1-11(25-15-7-4-13(19)5-8-15)18(23)21-16-10-14(20-12(2)22)6-9-17(16)24-3/h4-11H,1-3H3,(H,20,22)(H,21,23)/t11-/m1/s1. The lowest BCUT2D eigenvalue weighted by atomic mass is 10.2. The lowest BCUT2D eigenvalue weighted by Crippen LogP contribution is -2.30. The Balaban J connectivity index is 2.09. The quantitative estimate of drug-likeness (QED) is 0.842. The normalized spacial score (nSPS) is 11.4. The van der Waals surface area contributed by atoms with E-state index in [9.17, 15) is 14.0 Å². The molecule has 0 spiro atoms. The highest BCUT2D eigenvalue weighted by Crippen LogP contribution is 2.28. The molecule has 0 aliphatic heterocycles. The minimum Gasteiger partial charge on any atom is -0.495 e. The van der Waals surface area contributed by atoms with Crippen molar-refractivity contribution in [3.63, 3.8) is 0 Å². The average Bonchev–Trinajstić information content (AvgIpc) is 2.56. The maximum absolute atomic E-state index is 12.9. The second-order valence-corrected chi connectivity index (χ2v) is 5.30. The molecule has 2 rings (SSSR count). The van der Waals surface area contributed by atoms with Crippen molar-refractivity contribution in [3.8, 4) is 11.5 Å². The second kappa shape index (κ2) is 8.14. The van der Waals surface area contributed by atoms with E-state index >= 15 is 0 Å². The fourth-order valence-corrected chi connectivity index (χ4v) is 2.09. The molecular formula is C18H19FN2O4. The van der Waals surface area contributed by atoms with Crippen molar-refractivity contribution in [2.75, 3.05) is 17.7 Å². The molecule has 0 bridgehead atoms. The summed E-state index contributed by atoms with van der Waals surface area (Å²) in [5.74, 6) is -0.207. The van der Waals surface area contributed by atoms with Crippen molar-refractivity contribution >= 4 is 23.2 Å². The van der Waals surface area contributed by atoms with Crippen molar-refractivity contribution in [3.05, 3.63) is 48.3 Å². The SMILES string of the molecule is COc1ccc(NC(C)=O)cc1NC(=O)[C@@H](C)Oc1ccc(F)cc1. The number of anilines is 2. The third-order valence-electron chi connectivity index (χ3n) is 3.27. The molecule has 2 aromatic rings. The first kappa shape index (κ1) is 18.3. The van der Waals surface area contributed by atoms with Crippen molar-refractivity contribution in [2.24, 2.45) is 0 Å². The monoisotopic (exact) mass is 346 g/mol. The molecule has 7 heteroatoms. The summed E-state index contributed by atoms with van der Waals surface area (Å²) in [6.07, 6.45) is -0.820. The molecule has 25 heavy (non-hydrogen) atoms. The number of hydrogen-bond donors (Lipinski definition) is 2. The minimum absolute atomic E-state index is 0.226. The summed E-state index contributed by atoms with van der Waals surface area (Å²) in [4.78, 5) is 23.5. The largest absolute Gasteiger partial charge is 0.495 e. The van der Waals surface area contributed by atoms with E-state index in [0.29, 0.717) is 22.9 Å². The van der Waals surface area contributed by atoms with Crippen LogP contribution < -0.4 is 20.1 Å². The highest BCUT2D eigenvalue weighted by molar-refractivity contribution is 5.97. The zero-order chi connectivity index (χ0) is 18.4. The predicted molar refractivity (Wildman–Crippen MR) is 92.4 cm³/mol. The van der Waals surface area contributed by atoms with Gasteiger partial charge in [-0.15, -0.1) is 0 Å². The van der Waals surface area contributed by atoms with Crippen molar-refractivity contribution < 1.29 is 23.5 Å². The molecule has 2 aromatic carbocycles. The van der Waals surface area contributed by atoms with Gasteiger partial charge >= 0.3 is 0 Å². The summed E-state index contributed by atoms with van der Waals surface area (Å²) in [5.41, 5.74) is 0.920. The molecule has 0 saturated carbocycles. The molecule has 0 aliphatic carbocycles. The van der Waals surface area contributed by atoms with E-state index in [2.05, 4.69) is 10.6 Å². The fraction of sp³-hybridized carbons (Fsp3) is 0.222. The summed E-state index contributed by atoms with van der Waals surface area (Å²) in [7, 11) is 1.47. The molecule has 0 aromatic heterocycles. The molecule has 0 fully saturated rings. The van der Waals surface area contributed by atoms with E-state index in [1.54, 1.807) is 25.1 Å². The van der Waals surface area contributed by atoms with Crippen molar-refractivity contribution in [1.29, 1.82) is 0 Å². The van der Waals surface area contributed by atoms with Gasteiger partial charge in [0.1, 0.15) is 17.3 Å². The van der Waals surface area contributed by atoms with Crippen LogP contribution in [0.25, 0.3) is 0 Å². The number of nitrogens with one attached hydrogen (secondary N) is 2. The number of amides is 2. The van der Waals surface area contributed by atoms with Gasteiger partial charge in [-0.2, -0.15) is 0 Å². The van der Waals surface area contributed by atoms with Crippen molar-refractivity contribution in [2.45, 2.75) is 20.0 Å². The maximum atomic E-state index is 12.9. The van der Waals surface area contributed by atoms with Gasteiger partial charge in [0, 0.05) is 12.6 Å². The molecule has 2 N–H and O–H groups in total. The molecule has 0 radical (unpaired) electrons. The van der Waals surface area contributed by atoms with Crippen LogP contribution in [-0.2, 0) is 9.59 Å². The van der Waals surface area contributed by atoms with E-state index in [4.69, 9.17) is 9.47 Å². The molecule has 0 heterocycles. The zero-order valence-corrected chi connectivity index (χ0v) is 14.1. The van der Waals surface area contributed by atoms with E-state index < -0.39 is 12.0 Å². The number of carbonyl (C=O) groups excluding carboxylic acids is 2. The topological polar surface area (TPSA) is 76.7 Å². The number of halogens is 1. The van der Waals surface area contributed by atoms with Gasteiger partial charge in [-0.05, 0) is 49.4 Å². The number of benzene rings is 2. The van der Waals surface area contributed by atoms with Gasteiger partial charge in [0.2, 0.25) is 5.91 Å². The van der Waals surface area contributed by atoms with Gasteiger partial charge < -0.3 is 20.1 Å². The number of ether oxygens (including phenoxy) is 2. The highest BCUT2D eigenvalue weighted by Gasteiger charge is 2.17. The summed E-state index contributed by atoms with van der Waals surface area (Å²) in [6, 6.07) is 10.3. The van der Waals surface area contributed by atoms with E-state index in [1.807, 2.05) is 0 Å². The van der Waals surface area contributed by atoms with Gasteiger partial charge in [0.15, 0.2) is 6.10 Å². The molecule has 0 aliphatic rings. The Hall–Kier alpha value is -3.09. The molecule has 0 unspecified atom stereocenters. The number of carbonyl (C=O) groups is 2. The van der Waals surface area contributed by atoms with Crippen LogP contribution in [0.1, 0.15) is 13.8 Å². The van der Waals surface area contributed by atoms with E-state index in [-0.39, 0.29) is 11.7 Å². The molecule has 2 amide bonds. The van der Waals surface area contributed by atoms with E-state index in [1.165, 1.54) is 38.3 Å². The molecule has 1 atom stereocenters. The Labute approximate surface area is 144 Å². The Kier molecular flexibility index (Phi) is 5.94. The first-order chi connectivity index (χ1) is 11.9. The summed E-state index contributed by atoms with van der Waals surface area (Å²) < 4.78 is 23.6. The van der Waals surface area contributed by atoms with Crippen molar-refractivity contribution in [1.82, 2.24) is 0 Å². The Morgan fingerprint density at radius 1 is 1.08 bits per heavy atom. The molecule has 0 saturated heterocycles. The Morgan fingerprint density at radius 3 is 2.36 bits per heavy atom. The minimum atomic E-state index is -0.820. The lowest BCUT2D eigenvalue weighted by Gasteiger charge is -2.17. The van der Waals surface area contributed by atoms with Gasteiger partial charge in [0.05, 0.1) is 12.8 Å². The summed E-state index contributed by atoms with van der Waals surface area (Å²) in [5, 5.41) is 5.32. The number of rotatable bonds is 6. The average molecular weight is 346 g/mol.